The molecular weight excluding hydrogens is 442 g/mol. The number of nitrogens with zero attached hydrogens (tertiary/aromatic N) is 2. The molecule has 0 saturated heterocycles. The monoisotopic (exact) mass is 457 g/mol. The predicted molar refractivity (Wildman–Crippen MR) is 112 cm³/mol. The van der Waals surface area contributed by atoms with Gasteiger partial charge >= 0.3 is 6.18 Å². The molecule has 1 amide bonds. The van der Waals surface area contributed by atoms with Gasteiger partial charge in [0.25, 0.3) is 5.91 Å². The normalized spacial score (nSPS) is 11.5. The summed E-state index contributed by atoms with van der Waals surface area (Å²) in [5, 5.41) is 0.141. The molecule has 0 aliphatic heterocycles. The van der Waals surface area contributed by atoms with Gasteiger partial charge in [-0.2, -0.15) is 13.2 Å². The van der Waals surface area contributed by atoms with Crippen molar-refractivity contribution >= 4 is 16.8 Å². The van der Waals surface area contributed by atoms with Crippen LogP contribution in [0.1, 0.15) is 21.6 Å². The lowest BCUT2D eigenvalue weighted by Crippen LogP contribution is -2.24. The van der Waals surface area contributed by atoms with Crippen molar-refractivity contribution in [3.05, 3.63) is 99.9 Å². The van der Waals surface area contributed by atoms with Gasteiger partial charge in [-0.15, -0.1) is 0 Å². The fraction of sp³-hybridized carbons (Fsp3) is 0.0870. The SMILES string of the molecule is NC(=O)c1cn(-c2ccc(F)cc2)c2ccc(COc3ccnc(C(F)(F)F)c3)cc2c1=O. The van der Waals surface area contributed by atoms with Crippen LogP contribution in [0.2, 0.25) is 0 Å². The third-order valence-corrected chi connectivity index (χ3v) is 4.87. The van der Waals surface area contributed by atoms with E-state index < -0.39 is 29.0 Å². The first-order valence-electron chi connectivity index (χ1n) is 9.53. The minimum absolute atomic E-state index is 0.0490. The van der Waals surface area contributed by atoms with Crippen molar-refractivity contribution in [2.75, 3.05) is 0 Å². The molecule has 0 bridgehead atoms. The number of carbonyl (C=O) groups excluding carboxylic acids is 1. The van der Waals surface area contributed by atoms with Crippen LogP contribution in [0.3, 0.4) is 0 Å². The largest absolute Gasteiger partial charge is 0.489 e. The second-order valence-corrected chi connectivity index (χ2v) is 7.10. The van der Waals surface area contributed by atoms with E-state index in [9.17, 15) is 27.2 Å². The molecule has 2 N–H and O–H groups in total. The molecule has 0 radical (unpaired) electrons. The van der Waals surface area contributed by atoms with E-state index in [0.717, 1.165) is 12.3 Å². The summed E-state index contributed by atoms with van der Waals surface area (Å²) in [5.74, 6) is -1.44. The number of pyridine rings is 2. The Morgan fingerprint density at radius 3 is 2.45 bits per heavy atom. The van der Waals surface area contributed by atoms with E-state index >= 15 is 0 Å². The van der Waals surface area contributed by atoms with Crippen molar-refractivity contribution in [1.29, 1.82) is 0 Å². The zero-order valence-electron chi connectivity index (χ0n) is 16.8. The standard InChI is InChI=1S/C23H15F4N3O3/c24-14-2-4-15(5-3-14)30-11-18(22(28)32)21(31)17-9-13(1-6-19(17)30)12-33-16-7-8-29-20(10-16)23(25,26)27/h1-11H,12H2,(H2,28,32). The van der Waals surface area contributed by atoms with E-state index in [0.29, 0.717) is 16.8 Å². The number of ether oxygens (including phenoxy) is 1. The fourth-order valence-electron chi connectivity index (χ4n) is 3.28. The van der Waals surface area contributed by atoms with E-state index in [1.807, 2.05) is 0 Å². The average molecular weight is 457 g/mol. The predicted octanol–water partition coefficient (Wildman–Crippen LogP) is 4.22. The Morgan fingerprint density at radius 1 is 1.06 bits per heavy atom. The maximum Gasteiger partial charge on any atom is 0.433 e. The molecule has 168 valence electrons. The summed E-state index contributed by atoms with van der Waals surface area (Å²) >= 11 is 0. The number of carbonyl (C=O) groups is 1. The summed E-state index contributed by atoms with van der Waals surface area (Å²) in [6, 6.07) is 12.2. The highest BCUT2D eigenvalue weighted by atomic mass is 19.4. The first-order valence-corrected chi connectivity index (χ1v) is 9.53. The van der Waals surface area contributed by atoms with E-state index in [1.54, 1.807) is 12.1 Å². The van der Waals surface area contributed by atoms with Crippen molar-refractivity contribution in [2.45, 2.75) is 12.8 Å². The topological polar surface area (TPSA) is 87.2 Å². The summed E-state index contributed by atoms with van der Waals surface area (Å²) in [7, 11) is 0. The summed E-state index contributed by atoms with van der Waals surface area (Å²) in [4.78, 5) is 28.0. The summed E-state index contributed by atoms with van der Waals surface area (Å²) in [6.45, 7) is -0.145. The summed E-state index contributed by atoms with van der Waals surface area (Å²) in [6.07, 6.45) is -2.34. The van der Waals surface area contributed by atoms with Gasteiger partial charge in [0.05, 0.1) is 5.52 Å². The highest BCUT2D eigenvalue weighted by Crippen LogP contribution is 2.29. The van der Waals surface area contributed by atoms with Crippen LogP contribution < -0.4 is 15.9 Å². The Kier molecular flexibility index (Phi) is 5.59. The van der Waals surface area contributed by atoms with Crippen molar-refractivity contribution in [1.82, 2.24) is 9.55 Å². The van der Waals surface area contributed by atoms with Gasteiger partial charge in [-0.05, 0) is 48.0 Å². The lowest BCUT2D eigenvalue weighted by Gasteiger charge is -2.14. The second kappa shape index (κ2) is 8.38. The molecule has 4 aromatic rings. The van der Waals surface area contributed by atoms with Crippen LogP contribution in [0.15, 0.2) is 71.8 Å². The quantitative estimate of drug-likeness (QED) is 0.455. The molecule has 0 fully saturated rings. The number of amides is 1. The number of fused-ring (bicyclic) bond motifs is 1. The van der Waals surface area contributed by atoms with Crippen LogP contribution in [0.25, 0.3) is 16.6 Å². The molecule has 0 unspecified atom stereocenters. The van der Waals surface area contributed by atoms with Crippen molar-refractivity contribution in [3.8, 4) is 11.4 Å². The minimum atomic E-state index is -4.61. The smallest absolute Gasteiger partial charge is 0.433 e. The number of primary amides is 1. The van der Waals surface area contributed by atoms with Crippen LogP contribution in [0.4, 0.5) is 17.6 Å². The van der Waals surface area contributed by atoms with E-state index in [2.05, 4.69) is 4.98 Å². The number of rotatable bonds is 5. The maximum atomic E-state index is 13.3. The molecule has 2 heterocycles. The Balaban J connectivity index is 1.74. The molecular formula is C23H15F4N3O3. The molecule has 0 aliphatic rings. The molecule has 33 heavy (non-hydrogen) atoms. The Hall–Kier alpha value is -4.21. The number of benzene rings is 2. The fourth-order valence-corrected chi connectivity index (χ4v) is 3.28. The zero-order chi connectivity index (χ0) is 23.8. The number of hydrogen-bond acceptors (Lipinski definition) is 4. The number of halogens is 4. The number of nitrogens with two attached hydrogens (primary N) is 1. The van der Waals surface area contributed by atoms with E-state index in [-0.39, 0.29) is 23.3 Å². The van der Waals surface area contributed by atoms with Crippen LogP contribution >= 0.6 is 0 Å². The average Bonchev–Trinajstić information content (AvgIpc) is 2.78. The molecule has 0 saturated carbocycles. The third kappa shape index (κ3) is 4.54. The van der Waals surface area contributed by atoms with Gasteiger partial charge in [0.1, 0.15) is 29.4 Å². The van der Waals surface area contributed by atoms with Gasteiger partial charge in [-0.3, -0.25) is 14.6 Å². The molecule has 0 atom stereocenters. The Bertz CT molecular complexity index is 1410. The second-order valence-electron chi connectivity index (χ2n) is 7.10. The van der Waals surface area contributed by atoms with Gasteiger partial charge in [0.2, 0.25) is 5.43 Å². The van der Waals surface area contributed by atoms with Gasteiger partial charge in [0.15, 0.2) is 0 Å². The van der Waals surface area contributed by atoms with Crippen LogP contribution in [-0.2, 0) is 12.8 Å². The summed E-state index contributed by atoms with van der Waals surface area (Å²) in [5.41, 5.74) is 4.77. The van der Waals surface area contributed by atoms with Gasteiger partial charge in [-0.1, -0.05) is 6.07 Å². The number of hydrogen-bond donors (Lipinski definition) is 1. The molecule has 0 aliphatic carbocycles. The maximum absolute atomic E-state index is 13.3. The van der Waals surface area contributed by atoms with Gasteiger partial charge in [0, 0.05) is 29.5 Å². The zero-order valence-corrected chi connectivity index (χ0v) is 16.8. The van der Waals surface area contributed by atoms with E-state index in [1.165, 1.54) is 47.2 Å². The highest BCUT2D eigenvalue weighted by molar-refractivity contribution is 5.96. The van der Waals surface area contributed by atoms with Crippen molar-refractivity contribution in [3.63, 3.8) is 0 Å². The lowest BCUT2D eigenvalue weighted by atomic mass is 10.1. The molecule has 0 spiro atoms. The lowest BCUT2D eigenvalue weighted by molar-refractivity contribution is -0.141. The van der Waals surface area contributed by atoms with Crippen LogP contribution in [-0.4, -0.2) is 15.5 Å². The number of aromatic nitrogens is 2. The molecule has 6 nitrogen and oxygen atoms in total. The minimum Gasteiger partial charge on any atom is -0.489 e. The Morgan fingerprint density at radius 2 is 1.79 bits per heavy atom. The molecule has 2 aromatic heterocycles. The Labute approximate surface area is 183 Å². The van der Waals surface area contributed by atoms with Crippen molar-refractivity contribution < 1.29 is 27.1 Å². The van der Waals surface area contributed by atoms with Crippen molar-refractivity contribution in [2.24, 2.45) is 5.73 Å². The van der Waals surface area contributed by atoms with Gasteiger partial charge < -0.3 is 15.0 Å². The molecule has 10 heteroatoms. The number of alkyl halides is 3. The first-order chi connectivity index (χ1) is 15.6. The van der Waals surface area contributed by atoms with E-state index in [4.69, 9.17) is 10.5 Å². The molecule has 4 rings (SSSR count). The van der Waals surface area contributed by atoms with Crippen LogP contribution in [0, 0.1) is 5.82 Å². The van der Waals surface area contributed by atoms with Crippen LogP contribution in [0.5, 0.6) is 5.75 Å². The highest BCUT2D eigenvalue weighted by Gasteiger charge is 2.32. The third-order valence-electron chi connectivity index (χ3n) is 4.87. The summed E-state index contributed by atoms with van der Waals surface area (Å²) < 4.78 is 58.8. The first kappa shape index (κ1) is 22.0. The van der Waals surface area contributed by atoms with Gasteiger partial charge in [-0.25, -0.2) is 4.39 Å². The molecule has 2 aromatic carbocycles.